The first-order valence-electron chi connectivity index (χ1n) is 13.8. The van der Waals surface area contributed by atoms with Crippen LogP contribution in [0.4, 0.5) is 10.1 Å². The third kappa shape index (κ3) is 7.78. The molecule has 0 fully saturated rings. The molecule has 1 amide bonds. The summed E-state index contributed by atoms with van der Waals surface area (Å²) in [4.78, 5) is 17.2. The van der Waals surface area contributed by atoms with E-state index in [1.54, 1.807) is 37.1 Å². The zero-order valence-electron chi connectivity index (χ0n) is 24.3. The summed E-state index contributed by atoms with van der Waals surface area (Å²) < 4.78 is 53.5. The zero-order chi connectivity index (χ0) is 30.4. The molecule has 0 aromatic heterocycles. The first-order chi connectivity index (χ1) is 20.0. The smallest absolute Gasteiger partial charge is 0.261 e. The van der Waals surface area contributed by atoms with Crippen molar-refractivity contribution < 1.29 is 32.2 Å². The van der Waals surface area contributed by atoms with Gasteiger partial charge in [-0.2, -0.15) is 0 Å². The van der Waals surface area contributed by atoms with Gasteiger partial charge in [0, 0.05) is 36.8 Å². The Hall–Kier alpha value is -3.67. The highest BCUT2D eigenvalue weighted by atomic mass is 32.2. The summed E-state index contributed by atoms with van der Waals surface area (Å²) >= 11 is 0. The maximum Gasteiger partial charge on any atom is 0.261 e. The van der Waals surface area contributed by atoms with E-state index in [4.69, 9.17) is 9.47 Å². The molecule has 226 valence electrons. The number of nitrogens with one attached hydrogen (secondary N) is 1. The van der Waals surface area contributed by atoms with Gasteiger partial charge in [-0.3, -0.25) is 14.4 Å². The summed E-state index contributed by atoms with van der Waals surface area (Å²) in [5, 5.41) is 9.89. The van der Waals surface area contributed by atoms with Crippen LogP contribution < -0.4 is 14.2 Å². The Bertz CT molecular complexity index is 1470. The summed E-state index contributed by atoms with van der Waals surface area (Å²) in [5.41, 5.74) is 1.88. The molecule has 0 radical (unpaired) electrons. The number of fused-ring (bicyclic) bond motifs is 1. The van der Waals surface area contributed by atoms with Crippen molar-refractivity contribution in [3.05, 3.63) is 83.7 Å². The van der Waals surface area contributed by atoms with E-state index >= 15 is 0 Å². The maximum atomic E-state index is 13.5. The molecule has 3 aromatic carbocycles. The SMILES string of the molecule is COc1ccc(CN(C)C[C@@H]2Oc3ccc(NS(=O)(=O)c4ccc(F)cc4)cc3CC(=O)N([C@H](C)CO)C[C@@H]2C)cc1. The molecule has 0 bridgehead atoms. The largest absolute Gasteiger partial charge is 0.497 e. The standard InChI is InChI=1S/C31H38FN3O6S/c1-21-17-35(22(2)20-36)31(37)16-24-15-26(33-42(38,39)28-12-7-25(32)8-13-28)9-14-29(24)41-30(21)19-34(3)18-23-5-10-27(40-4)11-6-23/h5-15,21-22,30,33,36H,16-20H2,1-4H3/t21-,22+,30-/m0/s1. The number of methoxy groups -OCH3 is 1. The number of aliphatic hydroxyl groups is 1. The van der Waals surface area contributed by atoms with Crippen molar-refractivity contribution in [1.29, 1.82) is 0 Å². The number of hydrogen-bond donors (Lipinski definition) is 2. The van der Waals surface area contributed by atoms with E-state index in [0.29, 0.717) is 30.9 Å². The van der Waals surface area contributed by atoms with Crippen LogP contribution in [-0.4, -0.2) is 75.2 Å². The van der Waals surface area contributed by atoms with Crippen molar-refractivity contribution in [3.63, 3.8) is 0 Å². The highest BCUT2D eigenvalue weighted by Gasteiger charge is 2.31. The molecule has 1 aliphatic heterocycles. The molecule has 1 heterocycles. The highest BCUT2D eigenvalue weighted by Crippen LogP contribution is 2.30. The Morgan fingerprint density at radius 2 is 1.83 bits per heavy atom. The predicted octanol–water partition coefficient (Wildman–Crippen LogP) is 3.92. The molecule has 3 aromatic rings. The van der Waals surface area contributed by atoms with Crippen LogP contribution in [0.25, 0.3) is 0 Å². The van der Waals surface area contributed by atoms with Crippen molar-refractivity contribution in [2.45, 2.75) is 43.9 Å². The van der Waals surface area contributed by atoms with Gasteiger partial charge >= 0.3 is 0 Å². The number of likely N-dealkylation sites (N-methyl/N-ethyl adjacent to an activating group) is 1. The van der Waals surface area contributed by atoms with Crippen molar-refractivity contribution in [3.8, 4) is 11.5 Å². The van der Waals surface area contributed by atoms with E-state index in [1.165, 1.54) is 12.1 Å². The fraction of sp³-hybridized carbons (Fsp3) is 0.387. The van der Waals surface area contributed by atoms with Gasteiger partial charge in [0.15, 0.2) is 0 Å². The van der Waals surface area contributed by atoms with Crippen LogP contribution in [0.15, 0.2) is 71.6 Å². The number of amides is 1. The van der Waals surface area contributed by atoms with Gasteiger partial charge in [-0.05, 0) is 74.1 Å². The fourth-order valence-corrected chi connectivity index (χ4v) is 6.00. The van der Waals surface area contributed by atoms with Gasteiger partial charge in [-0.25, -0.2) is 12.8 Å². The Morgan fingerprint density at radius 1 is 1.14 bits per heavy atom. The highest BCUT2D eigenvalue weighted by molar-refractivity contribution is 7.92. The van der Waals surface area contributed by atoms with Crippen LogP contribution in [0.2, 0.25) is 0 Å². The van der Waals surface area contributed by atoms with Crippen LogP contribution in [0, 0.1) is 11.7 Å². The second-order valence-corrected chi connectivity index (χ2v) is 12.5. The molecule has 3 atom stereocenters. The molecule has 0 spiro atoms. The molecule has 42 heavy (non-hydrogen) atoms. The minimum Gasteiger partial charge on any atom is -0.497 e. The quantitative estimate of drug-likeness (QED) is 0.364. The molecular formula is C31H38FN3O6S. The van der Waals surface area contributed by atoms with Gasteiger partial charge in [0.2, 0.25) is 5.91 Å². The lowest BCUT2D eigenvalue weighted by molar-refractivity contribution is -0.134. The number of anilines is 1. The number of aliphatic hydroxyl groups excluding tert-OH is 1. The van der Waals surface area contributed by atoms with Crippen LogP contribution in [0.5, 0.6) is 11.5 Å². The Balaban J connectivity index is 1.61. The average Bonchev–Trinajstić information content (AvgIpc) is 3.00. The first kappa shape index (κ1) is 31.3. The van der Waals surface area contributed by atoms with E-state index in [0.717, 1.165) is 23.4 Å². The topological polar surface area (TPSA) is 108 Å². The number of rotatable bonds is 10. The molecule has 4 rings (SSSR count). The summed E-state index contributed by atoms with van der Waals surface area (Å²) in [6.45, 7) is 5.24. The van der Waals surface area contributed by atoms with Crippen molar-refractivity contribution in [2.24, 2.45) is 5.92 Å². The third-order valence-electron chi connectivity index (χ3n) is 7.40. The minimum atomic E-state index is -3.99. The lowest BCUT2D eigenvalue weighted by Crippen LogP contribution is -2.47. The second kappa shape index (κ2) is 13.5. The third-order valence-corrected chi connectivity index (χ3v) is 8.79. The lowest BCUT2D eigenvalue weighted by Gasteiger charge is -2.34. The molecule has 1 aliphatic rings. The van der Waals surface area contributed by atoms with E-state index in [-0.39, 0.29) is 41.5 Å². The molecule has 9 nitrogen and oxygen atoms in total. The van der Waals surface area contributed by atoms with Gasteiger partial charge in [0.25, 0.3) is 10.0 Å². The van der Waals surface area contributed by atoms with E-state index in [1.807, 2.05) is 38.2 Å². The van der Waals surface area contributed by atoms with Crippen LogP contribution >= 0.6 is 0 Å². The van der Waals surface area contributed by atoms with Crippen molar-refractivity contribution in [1.82, 2.24) is 9.80 Å². The van der Waals surface area contributed by atoms with E-state index in [2.05, 4.69) is 9.62 Å². The zero-order valence-corrected chi connectivity index (χ0v) is 25.1. The first-order valence-corrected chi connectivity index (χ1v) is 15.3. The van der Waals surface area contributed by atoms with Gasteiger partial charge in [-0.1, -0.05) is 19.1 Å². The summed E-state index contributed by atoms with van der Waals surface area (Å²) in [6, 6.07) is 16.8. The van der Waals surface area contributed by atoms with Crippen LogP contribution in [-0.2, 0) is 27.8 Å². The maximum absolute atomic E-state index is 13.5. The van der Waals surface area contributed by atoms with E-state index < -0.39 is 21.9 Å². The van der Waals surface area contributed by atoms with Crippen molar-refractivity contribution in [2.75, 3.05) is 38.6 Å². The monoisotopic (exact) mass is 599 g/mol. The Labute approximate surface area is 246 Å². The summed E-state index contributed by atoms with van der Waals surface area (Å²) in [6.07, 6.45) is -0.347. The minimum absolute atomic E-state index is 0.0348. The number of benzene rings is 3. The van der Waals surface area contributed by atoms with Gasteiger partial charge in [-0.15, -0.1) is 0 Å². The number of nitrogens with zero attached hydrogens (tertiary/aromatic N) is 2. The van der Waals surface area contributed by atoms with Crippen LogP contribution in [0.3, 0.4) is 0 Å². The van der Waals surface area contributed by atoms with Crippen LogP contribution in [0.1, 0.15) is 25.0 Å². The molecule has 2 N–H and O–H groups in total. The molecular weight excluding hydrogens is 561 g/mol. The van der Waals surface area contributed by atoms with E-state index in [9.17, 15) is 22.7 Å². The average molecular weight is 600 g/mol. The lowest BCUT2D eigenvalue weighted by atomic mass is 10.0. The number of sulfonamides is 1. The van der Waals surface area contributed by atoms with Gasteiger partial charge < -0.3 is 19.5 Å². The number of carbonyl (C=O) groups is 1. The Kier molecular flexibility index (Phi) is 10.1. The number of hydrogen-bond acceptors (Lipinski definition) is 7. The summed E-state index contributed by atoms with van der Waals surface area (Å²) in [5.74, 6) is 0.458. The molecule has 11 heteroatoms. The van der Waals surface area contributed by atoms with Gasteiger partial charge in [0.1, 0.15) is 23.4 Å². The predicted molar refractivity (Wildman–Crippen MR) is 159 cm³/mol. The normalized spacial score (nSPS) is 18.4. The number of halogens is 1. The Morgan fingerprint density at radius 3 is 2.48 bits per heavy atom. The molecule has 0 saturated carbocycles. The number of ether oxygens (including phenoxy) is 2. The molecule has 0 saturated heterocycles. The molecule has 0 aliphatic carbocycles. The van der Waals surface area contributed by atoms with Gasteiger partial charge in [0.05, 0.1) is 31.1 Å². The molecule has 0 unspecified atom stereocenters. The summed E-state index contributed by atoms with van der Waals surface area (Å²) in [7, 11) is -0.362. The fourth-order valence-electron chi connectivity index (χ4n) is 4.95. The number of carbonyl (C=O) groups excluding carboxylic acids is 1. The van der Waals surface area contributed by atoms with Crippen molar-refractivity contribution >= 4 is 21.6 Å². The second-order valence-electron chi connectivity index (χ2n) is 10.8.